The second-order valence-corrected chi connectivity index (χ2v) is 3.29. The van der Waals surface area contributed by atoms with Crippen molar-refractivity contribution in [2.45, 2.75) is 38.6 Å². The fraction of sp³-hybridized carbons (Fsp3) is 0.778. The van der Waals surface area contributed by atoms with Crippen LogP contribution in [-0.2, 0) is 9.59 Å². The Morgan fingerprint density at radius 1 is 1.43 bits per heavy atom. The van der Waals surface area contributed by atoms with Crippen LogP contribution in [0.25, 0.3) is 0 Å². The van der Waals surface area contributed by atoms with E-state index in [-0.39, 0.29) is 17.9 Å². The standard InChI is InChI=1S/C9H19N3O2/c1-2-7(10)6-9(14)12-5-3-4-8(11)13/h7H,2-6,10H2,1H3,(H2,11,13)(H,12,14). The van der Waals surface area contributed by atoms with Crippen LogP contribution in [0.2, 0.25) is 0 Å². The predicted molar refractivity (Wildman–Crippen MR) is 54.3 cm³/mol. The van der Waals surface area contributed by atoms with Crippen LogP contribution in [0.4, 0.5) is 0 Å². The van der Waals surface area contributed by atoms with E-state index >= 15 is 0 Å². The third-order valence-corrected chi connectivity index (χ3v) is 1.89. The molecule has 0 heterocycles. The van der Waals surface area contributed by atoms with Crippen molar-refractivity contribution in [3.05, 3.63) is 0 Å². The Kier molecular flexibility index (Phi) is 6.74. The van der Waals surface area contributed by atoms with Gasteiger partial charge < -0.3 is 16.8 Å². The number of primary amides is 1. The van der Waals surface area contributed by atoms with Gasteiger partial charge in [0, 0.05) is 25.4 Å². The first-order valence-electron chi connectivity index (χ1n) is 4.86. The zero-order valence-electron chi connectivity index (χ0n) is 8.58. The first-order chi connectivity index (χ1) is 6.56. The Hall–Kier alpha value is -1.10. The lowest BCUT2D eigenvalue weighted by Crippen LogP contribution is -2.32. The highest BCUT2D eigenvalue weighted by Crippen LogP contribution is 1.93. The van der Waals surface area contributed by atoms with E-state index in [1.165, 1.54) is 0 Å². The quantitative estimate of drug-likeness (QED) is 0.484. The molecule has 0 aromatic rings. The summed E-state index contributed by atoms with van der Waals surface area (Å²) in [5.41, 5.74) is 10.5. The zero-order valence-corrected chi connectivity index (χ0v) is 8.58. The summed E-state index contributed by atoms with van der Waals surface area (Å²) >= 11 is 0. The van der Waals surface area contributed by atoms with Crippen LogP contribution in [-0.4, -0.2) is 24.4 Å². The minimum atomic E-state index is -0.343. The summed E-state index contributed by atoms with van der Waals surface area (Å²) in [4.78, 5) is 21.5. The summed E-state index contributed by atoms with van der Waals surface area (Å²) in [5, 5.41) is 2.68. The van der Waals surface area contributed by atoms with Gasteiger partial charge in [-0.3, -0.25) is 9.59 Å². The molecule has 5 nitrogen and oxygen atoms in total. The summed E-state index contributed by atoms with van der Waals surface area (Å²) < 4.78 is 0. The maximum Gasteiger partial charge on any atom is 0.221 e. The molecule has 0 aromatic heterocycles. The van der Waals surface area contributed by atoms with Crippen molar-refractivity contribution in [3.63, 3.8) is 0 Å². The molecule has 5 N–H and O–H groups in total. The van der Waals surface area contributed by atoms with Crippen LogP contribution in [0.15, 0.2) is 0 Å². The van der Waals surface area contributed by atoms with Gasteiger partial charge in [0.2, 0.25) is 11.8 Å². The van der Waals surface area contributed by atoms with E-state index in [1.807, 2.05) is 6.92 Å². The molecule has 14 heavy (non-hydrogen) atoms. The fourth-order valence-corrected chi connectivity index (χ4v) is 0.945. The molecule has 5 heteroatoms. The van der Waals surface area contributed by atoms with Crippen molar-refractivity contribution < 1.29 is 9.59 Å². The molecular formula is C9H19N3O2. The topological polar surface area (TPSA) is 98.2 Å². The second kappa shape index (κ2) is 7.32. The first-order valence-corrected chi connectivity index (χ1v) is 4.86. The van der Waals surface area contributed by atoms with E-state index in [1.54, 1.807) is 0 Å². The van der Waals surface area contributed by atoms with Gasteiger partial charge in [-0.05, 0) is 12.8 Å². The highest BCUT2D eigenvalue weighted by Gasteiger charge is 2.06. The van der Waals surface area contributed by atoms with E-state index < -0.39 is 0 Å². The number of hydrogen-bond acceptors (Lipinski definition) is 3. The fourth-order valence-electron chi connectivity index (χ4n) is 0.945. The Labute approximate surface area is 84.2 Å². The van der Waals surface area contributed by atoms with E-state index in [4.69, 9.17) is 11.5 Å². The highest BCUT2D eigenvalue weighted by atomic mass is 16.2. The molecule has 0 fully saturated rings. The van der Waals surface area contributed by atoms with Crippen molar-refractivity contribution in [3.8, 4) is 0 Å². The molecule has 0 rings (SSSR count). The first kappa shape index (κ1) is 12.9. The van der Waals surface area contributed by atoms with Crippen molar-refractivity contribution >= 4 is 11.8 Å². The SMILES string of the molecule is CCC(N)CC(=O)NCCCC(N)=O. The third-order valence-electron chi connectivity index (χ3n) is 1.89. The maximum atomic E-state index is 11.1. The van der Waals surface area contributed by atoms with Crippen LogP contribution in [0.1, 0.15) is 32.6 Å². The molecule has 0 aliphatic carbocycles. The number of rotatable bonds is 7. The summed E-state index contributed by atoms with van der Waals surface area (Å²) in [6.45, 7) is 2.42. The van der Waals surface area contributed by atoms with Crippen LogP contribution >= 0.6 is 0 Å². The number of hydrogen-bond donors (Lipinski definition) is 3. The number of carbonyl (C=O) groups is 2. The van der Waals surface area contributed by atoms with Gasteiger partial charge in [-0.25, -0.2) is 0 Å². The number of carbonyl (C=O) groups excluding carboxylic acids is 2. The van der Waals surface area contributed by atoms with Gasteiger partial charge in [-0.1, -0.05) is 6.92 Å². The molecule has 1 atom stereocenters. The Balaban J connectivity index is 3.40. The van der Waals surface area contributed by atoms with Crippen molar-refractivity contribution in [2.75, 3.05) is 6.54 Å². The van der Waals surface area contributed by atoms with E-state index in [9.17, 15) is 9.59 Å². The Morgan fingerprint density at radius 3 is 2.57 bits per heavy atom. The van der Waals surface area contributed by atoms with Crippen molar-refractivity contribution in [1.82, 2.24) is 5.32 Å². The maximum absolute atomic E-state index is 11.1. The number of nitrogens with one attached hydrogen (secondary N) is 1. The van der Waals surface area contributed by atoms with Gasteiger partial charge in [0.25, 0.3) is 0 Å². The Morgan fingerprint density at radius 2 is 2.07 bits per heavy atom. The predicted octanol–water partition coefficient (Wildman–Crippen LogP) is -0.504. The van der Waals surface area contributed by atoms with Crippen molar-refractivity contribution in [2.24, 2.45) is 11.5 Å². The lowest BCUT2D eigenvalue weighted by atomic mass is 10.1. The molecule has 0 aromatic carbocycles. The van der Waals surface area contributed by atoms with Gasteiger partial charge in [0.15, 0.2) is 0 Å². The van der Waals surface area contributed by atoms with Crippen molar-refractivity contribution in [1.29, 1.82) is 0 Å². The molecule has 1 unspecified atom stereocenters. The van der Waals surface area contributed by atoms with E-state index in [0.717, 1.165) is 6.42 Å². The van der Waals surface area contributed by atoms with E-state index in [2.05, 4.69) is 5.32 Å². The molecule has 0 spiro atoms. The van der Waals surface area contributed by atoms with Gasteiger partial charge in [-0.2, -0.15) is 0 Å². The van der Waals surface area contributed by atoms with Crippen LogP contribution < -0.4 is 16.8 Å². The normalized spacial score (nSPS) is 12.1. The summed E-state index contributed by atoms with van der Waals surface area (Å²) in [5.74, 6) is -0.409. The zero-order chi connectivity index (χ0) is 11.0. The third kappa shape index (κ3) is 7.54. The van der Waals surface area contributed by atoms with Gasteiger partial charge in [0.05, 0.1) is 0 Å². The molecule has 0 saturated carbocycles. The summed E-state index contributed by atoms with van der Waals surface area (Å²) in [6.07, 6.45) is 2.02. The van der Waals surface area contributed by atoms with Gasteiger partial charge in [-0.15, -0.1) is 0 Å². The molecule has 82 valence electrons. The largest absolute Gasteiger partial charge is 0.370 e. The molecule has 0 aliphatic heterocycles. The highest BCUT2D eigenvalue weighted by molar-refractivity contribution is 5.76. The van der Waals surface area contributed by atoms with Gasteiger partial charge >= 0.3 is 0 Å². The molecule has 2 amide bonds. The average molecular weight is 201 g/mol. The van der Waals surface area contributed by atoms with Crippen LogP contribution in [0.3, 0.4) is 0 Å². The summed E-state index contributed by atoms with van der Waals surface area (Å²) in [6, 6.07) is -0.0776. The summed E-state index contributed by atoms with van der Waals surface area (Å²) in [7, 11) is 0. The molecule has 0 aliphatic rings. The number of amides is 2. The lowest BCUT2D eigenvalue weighted by molar-refractivity contribution is -0.122. The smallest absolute Gasteiger partial charge is 0.221 e. The minimum absolute atomic E-state index is 0.0659. The van der Waals surface area contributed by atoms with Crippen LogP contribution in [0.5, 0.6) is 0 Å². The van der Waals surface area contributed by atoms with Gasteiger partial charge in [0.1, 0.15) is 0 Å². The second-order valence-electron chi connectivity index (χ2n) is 3.29. The monoisotopic (exact) mass is 201 g/mol. The molecule has 0 radical (unpaired) electrons. The van der Waals surface area contributed by atoms with E-state index in [0.29, 0.717) is 25.8 Å². The lowest BCUT2D eigenvalue weighted by Gasteiger charge is -2.08. The molecular weight excluding hydrogens is 182 g/mol. The number of nitrogens with two attached hydrogens (primary N) is 2. The minimum Gasteiger partial charge on any atom is -0.370 e. The van der Waals surface area contributed by atoms with Crippen LogP contribution in [0, 0.1) is 0 Å². The molecule has 0 saturated heterocycles. The average Bonchev–Trinajstić information content (AvgIpc) is 2.12. The molecule has 0 bridgehead atoms. The Bertz CT molecular complexity index is 194.